The molecule has 1 N–H and O–H groups in total. The minimum Gasteiger partial charge on any atom is -0.312 e. The van der Waals surface area contributed by atoms with Crippen LogP contribution in [-0.4, -0.2) is 35.8 Å². The molecule has 0 radical (unpaired) electrons. The van der Waals surface area contributed by atoms with Gasteiger partial charge in [-0.15, -0.1) is 0 Å². The summed E-state index contributed by atoms with van der Waals surface area (Å²) in [6, 6.07) is 0.333. The zero-order valence-corrected chi connectivity index (χ0v) is 10.3. The zero-order valence-electron chi connectivity index (χ0n) is 10.3. The number of likely N-dealkylation sites (tertiary alicyclic amines) is 1. The summed E-state index contributed by atoms with van der Waals surface area (Å²) in [5.74, 6) is 0.721. The van der Waals surface area contributed by atoms with Crippen molar-refractivity contribution < 1.29 is 9.59 Å². The van der Waals surface area contributed by atoms with Gasteiger partial charge in [-0.25, -0.2) is 0 Å². The number of nitrogens with zero attached hydrogens (tertiary/aromatic N) is 1. The molecule has 0 aromatic rings. The van der Waals surface area contributed by atoms with Crippen molar-refractivity contribution >= 4 is 11.8 Å². The Morgan fingerprint density at radius 3 is 2.41 bits per heavy atom. The fourth-order valence-electron chi connectivity index (χ4n) is 3.66. The van der Waals surface area contributed by atoms with Gasteiger partial charge in [-0.05, 0) is 38.1 Å². The maximum atomic E-state index is 12.2. The molecule has 3 fully saturated rings. The zero-order chi connectivity index (χ0) is 12.0. The van der Waals surface area contributed by atoms with Gasteiger partial charge in [-0.1, -0.05) is 6.92 Å². The summed E-state index contributed by atoms with van der Waals surface area (Å²) in [6.45, 7) is 3.76. The van der Waals surface area contributed by atoms with Crippen LogP contribution in [0.2, 0.25) is 0 Å². The lowest BCUT2D eigenvalue weighted by molar-refractivity contribution is -0.140. The second kappa shape index (κ2) is 4.09. The molecule has 1 saturated carbocycles. The van der Waals surface area contributed by atoms with Crippen LogP contribution in [0.5, 0.6) is 0 Å². The van der Waals surface area contributed by atoms with Gasteiger partial charge in [0.05, 0.1) is 11.8 Å². The van der Waals surface area contributed by atoms with Crippen LogP contribution >= 0.6 is 0 Å². The first-order valence-corrected chi connectivity index (χ1v) is 6.75. The molecule has 94 valence electrons. The van der Waals surface area contributed by atoms with Crippen LogP contribution in [0.4, 0.5) is 0 Å². The van der Waals surface area contributed by atoms with E-state index in [1.54, 1.807) is 0 Å². The second-order valence-electron chi connectivity index (χ2n) is 5.87. The van der Waals surface area contributed by atoms with Gasteiger partial charge in [-0.2, -0.15) is 0 Å². The number of hydrogen-bond acceptors (Lipinski definition) is 3. The van der Waals surface area contributed by atoms with E-state index in [9.17, 15) is 9.59 Å². The van der Waals surface area contributed by atoms with E-state index in [-0.39, 0.29) is 23.7 Å². The summed E-state index contributed by atoms with van der Waals surface area (Å²) in [7, 11) is 0. The van der Waals surface area contributed by atoms with Gasteiger partial charge >= 0.3 is 0 Å². The van der Waals surface area contributed by atoms with Crippen molar-refractivity contribution in [1.82, 2.24) is 10.2 Å². The number of nitrogens with one attached hydrogen (secondary N) is 1. The third-order valence-corrected chi connectivity index (χ3v) is 4.53. The Kier molecular flexibility index (Phi) is 2.69. The van der Waals surface area contributed by atoms with Crippen molar-refractivity contribution in [1.29, 1.82) is 0 Å². The molecule has 1 aliphatic carbocycles. The predicted molar refractivity (Wildman–Crippen MR) is 63.1 cm³/mol. The summed E-state index contributed by atoms with van der Waals surface area (Å²) >= 11 is 0. The van der Waals surface area contributed by atoms with E-state index in [1.807, 2.05) is 0 Å². The Bertz CT molecular complexity index is 325. The first-order valence-electron chi connectivity index (χ1n) is 6.75. The van der Waals surface area contributed by atoms with Crippen LogP contribution in [-0.2, 0) is 9.59 Å². The fraction of sp³-hybridized carbons (Fsp3) is 0.846. The molecule has 4 heteroatoms. The first kappa shape index (κ1) is 11.2. The van der Waals surface area contributed by atoms with E-state index < -0.39 is 0 Å². The number of hydrogen-bond donors (Lipinski definition) is 1. The van der Waals surface area contributed by atoms with Gasteiger partial charge in [0.15, 0.2) is 0 Å². The van der Waals surface area contributed by atoms with Gasteiger partial charge < -0.3 is 5.32 Å². The van der Waals surface area contributed by atoms with Crippen LogP contribution < -0.4 is 5.32 Å². The number of imide groups is 1. The quantitative estimate of drug-likeness (QED) is 0.720. The number of carbonyl (C=O) groups excluding carboxylic acids is 2. The smallest absolute Gasteiger partial charge is 0.233 e. The number of fused-ring (bicyclic) bond motifs is 1. The average Bonchev–Trinajstić information content (AvgIpc) is 2.96. The third kappa shape index (κ3) is 1.79. The molecule has 0 aromatic heterocycles. The van der Waals surface area contributed by atoms with Gasteiger partial charge in [0.25, 0.3) is 0 Å². The van der Waals surface area contributed by atoms with Crippen LogP contribution in [0.3, 0.4) is 0 Å². The standard InChI is InChI=1S/C13H20N2O2/c1-8-5-10-11(6-8)13(17)15(12(10)16)7-9-3-2-4-14-9/h8-11,14H,2-7H2,1H3/t8?,9-,10?,11?/m1/s1. The lowest BCUT2D eigenvalue weighted by atomic mass is 10.00. The summed E-state index contributed by atoms with van der Waals surface area (Å²) < 4.78 is 0. The minimum atomic E-state index is -0.00102. The Hall–Kier alpha value is -0.900. The van der Waals surface area contributed by atoms with Crippen molar-refractivity contribution in [2.24, 2.45) is 17.8 Å². The largest absolute Gasteiger partial charge is 0.312 e. The van der Waals surface area contributed by atoms with Crippen LogP contribution in [0.15, 0.2) is 0 Å². The Labute approximate surface area is 102 Å². The van der Waals surface area contributed by atoms with Crippen molar-refractivity contribution in [2.45, 2.75) is 38.6 Å². The highest BCUT2D eigenvalue weighted by molar-refractivity contribution is 6.05. The average molecular weight is 236 g/mol. The molecule has 2 saturated heterocycles. The Balaban J connectivity index is 1.70. The van der Waals surface area contributed by atoms with Crippen molar-refractivity contribution in [3.8, 4) is 0 Å². The molecular weight excluding hydrogens is 216 g/mol. The van der Waals surface area contributed by atoms with Gasteiger partial charge in [0, 0.05) is 12.6 Å². The fourth-order valence-corrected chi connectivity index (χ4v) is 3.66. The summed E-state index contributed by atoms with van der Waals surface area (Å²) in [4.78, 5) is 25.9. The number of amides is 2. The summed E-state index contributed by atoms with van der Waals surface area (Å²) in [6.07, 6.45) is 4.06. The van der Waals surface area contributed by atoms with Gasteiger partial charge in [0.2, 0.25) is 11.8 Å². The molecule has 3 rings (SSSR count). The summed E-state index contributed by atoms with van der Waals surface area (Å²) in [5.41, 5.74) is 0. The van der Waals surface area contributed by atoms with Crippen LogP contribution in [0.1, 0.15) is 32.6 Å². The second-order valence-corrected chi connectivity index (χ2v) is 5.87. The molecule has 0 aromatic carbocycles. The molecular formula is C13H20N2O2. The molecule has 3 aliphatic rings. The lowest BCUT2D eigenvalue weighted by Gasteiger charge is -2.20. The third-order valence-electron chi connectivity index (χ3n) is 4.53. The highest BCUT2D eigenvalue weighted by Gasteiger charge is 2.51. The minimum absolute atomic E-state index is 0.00102. The molecule has 0 spiro atoms. The highest BCUT2D eigenvalue weighted by atomic mass is 16.2. The molecule has 2 amide bonds. The molecule has 0 bridgehead atoms. The van der Waals surface area contributed by atoms with E-state index in [2.05, 4.69) is 12.2 Å². The maximum absolute atomic E-state index is 12.2. The molecule has 2 heterocycles. The van der Waals surface area contributed by atoms with E-state index in [0.29, 0.717) is 18.5 Å². The Morgan fingerprint density at radius 2 is 1.88 bits per heavy atom. The van der Waals surface area contributed by atoms with Gasteiger partial charge in [0.1, 0.15) is 0 Å². The van der Waals surface area contributed by atoms with Crippen LogP contribution in [0, 0.1) is 17.8 Å². The van der Waals surface area contributed by atoms with Gasteiger partial charge in [-0.3, -0.25) is 14.5 Å². The monoisotopic (exact) mass is 236 g/mol. The van der Waals surface area contributed by atoms with E-state index in [0.717, 1.165) is 32.2 Å². The number of rotatable bonds is 2. The molecule has 2 unspecified atom stereocenters. The summed E-state index contributed by atoms with van der Waals surface area (Å²) in [5, 5.41) is 3.35. The first-order chi connectivity index (χ1) is 8.16. The van der Waals surface area contributed by atoms with Crippen molar-refractivity contribution in [2.75, 3.05) is 13.1 Å². The normalized spacial score (nSPS) is 41.4. The maximum Gasteiger partial charge on any atom is 0.233 e. The Morgan fingerprint density at radius 1 is 1.24 bits per heavy atom. The molecule has 17 heavy (non-hydrogen) atoms. The van der Waals surface area contributed by atoms with Crippen LogP contribution in [0.25, 0.3) is 0 Å². The number of carbonyl (C=O) groups is 2. The highest BCUT2D eigenvalue weighted by Crippen LogP contribution is 2.42. The molecule has 2 aliphatic heterocycles. The molecule has 4 nitrogen and oxygen atoms in total. The van der Waals surface area contributed by atoms with E-state index in [1.165, 1.54) is 4.90 Å². The topological polar surface area (TPSA) is 49.4 Å². The predicted octanol–water partition coefficient (Wildman–Crippen LogP) is 0.770. The van der Waals surface area contributed by atoms with Crippen molar-refractivity contribution in [3.63, 3.8) is 0 Å². The van der Waals surface area contributed by atoms with E-state index >= 15 is 0 Å². The lowest BCUT2D eigenvalue weighted by Crippen LogP contribution is -2.41. The molecule has 3 atom stereocenters. The van der Waals surface area contributed by atoms with E-state index in [4.69, 9.17) is 0 Å². The SMILES string of the molecule is CC1CC2C(=O)N(C[C@H]3CCCN3)C(=O)C2C1. The van der Waals surface area contributed by atoms with Crippen molar-refractivity contribution in [3.05, 3.63) is 0 Å².